The van der Waals surface area contributed by atoms with Crippen LogP contribution in [0.3, 0.4) is 0 Å². The molecule has 5 nitrogen and oxygen atoms in total. The van der Waals surface area contributed by atoms with Crippen molar-refractivity contribution >= 4 is 6.09 Å². The highest BCUT2D eigenvalue weighted by molar-refractivity contribution is 5.70. The first-order valence-corrected chi connectivity index (χ1v) is 8.40. The average Bonchev–Trinajstić information content (AvgIpc) is 2.54. The van der Waals surface area contributed by atoms with E-state index in [-0.39, 0.29) is 6.61 Å². The van der Waals surface area contributed by atoms with Crippen molar-refractivity contribution in [1.82, 2.24) is 4.90 Å². The van der Waals surface area contributed by atoms with Crippen molar-refractivity contribution in [1.29, 1.82) is 5.26 Å². The van der Waals surface area contributed by atoms with Crippen LogP contribution in [0, 0.1) is 11.3 Å². The molecule has 1 aliphatic heterocycles. The smallest absolute Gasteiger partial charge is 0.411 e. The minimum atomic E-state index is -0.949. The van der Waals surface area contributed by atoms with Crippen LogP contribution in [0.1, 0.15) is 45.6 Å². The number of rotatable bonds is 4. The summed E-state index contributed by atoms with van der Waals surface area (Å²) in [5, 5.41) is 9.78. The van der Waals surface area contributed by atoms with Gasteiger partial charge in [0.25, 0.3) is 0 Å². The molecule has 0 saturated carbocycles. The van der Waals surface area contributed by atoms with Crippen molar-refractivity contribution < 1.29 is 14.3 Å². The standard InChI is InChI=1S/C19H26N2O3/c1-18(2,3)24-17(22)21-12-8-7-11-19(21,14-20)15-23-13-16-9-5-4-6-10-16/h4-6,9-10H,7-8,11-13,15H2,1-3H3. The van der Waals surface area contributed by atoms with Gasteiger partial charge in [-0.05, 0) is 45.6 Å². The average molecular weight is 330 g/mol. The van der Waals surface area contributed by atoms with Crippen LogP contribution in [0.15, 0.2) is 30.3 Å². The zero-order chi connectivity index (χ0) is 17.6. The molecule has 1 aliphatic rings. The fourth-order valence-corrected chi connectivity index (χ4v) is 2.83. The largest absolute Gasteiger partial charge is 0.444 e. The van der Waals surface area contributed by atoms with E-state index in [1.807, 2.05) is 51.1 Å². The zero-order valence-corrected chi connectivity index (χ0v) is 14.7. The first-order chi connectivity index (χ1) is 11.4. The Bertz CT molecular complexity index is 589. The summed E-state index contributed by atoms with van der Waals surface area (Å²) in [4.78, 5) is 14.1. The Morgan fingerprint density at radius 1 is 1.29 bits per heavy atom. The van der Waals surface area contributed by atoms with Crippen LogP contribution >= 0.6 is 0 Å². The maximum Gasteiger partial charge on any atom is 0.411 e. The van der Waals surface area contributed by atoms with Crippen LogP contribution in [0.25, 0.3) is 0 Å². The molecule has 0 spiro atoms. The number of carbonyl (C=O) groups is 1. The molecule has 5 heteroatoms. The SMILES string of the molecule is CC(C)(C)OC(=O)N1CCCCC1(C#N)COCc1ccccc1. The number of nitrogens with zero attached hydrogens (tertiary/aromatic N) is 2. The summed E-state index contributed by atoms with van der Waals surface area (Å²) in [7, 11) is 0. The summed E-state index contributed by atoms with van der Waals surface area (Å²) in [5.41, 5.74) is -0.485. The van der Waals surface area contributed by atoms with Gasteiger partial charge >= 0.3 is 6.09 Å². The van der Waals surface area contributed by atoms with Crippen molar-refractivity contribution in [3.63, 3.8) is 0 Å². The Morgan fingerprint density at radius 2 is 2.00 bits per heavy atom. The number of hydrogen-bond acceptors (Lipinski definition) is 4. The monoisotopic (exact) mass is 330 g/mol. The lowest BCUT2D eigenvalue weighted by Crippen LogP contribution is -2.57. The Morgan fingerprint density at radius 3 is 2.62 bits per heavy atom. The minimum absolute atomic E-state index is 0.192. The second-order valence-corrected chi connectivity index (χ2v) is 7.21. The van der Waals surface area contributed by atoms with Gasteiger partial charge in [0.05, 0.1) is 19.3 Å². The lowest BCUT2D eigenvalue weighted by molar-refractivity contribution is -0.0312. The predicted octanol–water partition coefficient (Wildman–Crippen LogP) is 3.89. The number of likely N-dealkylation sites (tertiary alicyclic amines) is 1. The van der Waals surface area contributed by atoms with Crippen LogP contribution < -0.4 is 0 Å². The molecular weight excluding hydrogens is 304 g/mol. The number of nitriles is 1. The van der Waals surface area contributed by atoms with Gasteiger partial charge in [-0.25, -0.2) is 4.79 Å². The highest BCUT2D eigenvalue weighted by Gasteiger charge is 2.44. The van der Waals surface area contributed by atoms with Crippen molar-refractivity contribution in [2.45, 2.75) is 57.8 Å². The molecule has 1 aromatic rings. The Balaban J connectivity index is 2.05. The van der Waals surface area contributed by atoms with Gasteiger partial charge in [-0.1, -0.05) is 30.3 Å². The molecule has 24 heavy (non-hydrogen) atoms. The summed E-state index contributed by atoms with van der Waals surface area (Å²) >= 11 is 0. The molecular formula is C19H26N2O3. The topological polar surface area (TPSA) is 62.6 Å². The lowest BCUT2D eigenvalue weighted by Gasteiger charge is -2.42. The first-order valence-electron chi connectivity index (χ1n) is 8.40. The normalized spacial score (nSPS) is 21.2. The second kappa shape index (κ2) is 7.67. The van der Waals surface area contributed by atoms with Crippen LogP contribution in [0.5, 0.6) is 0 Å². The van der Waals surface area contributed by atoms with Gasteiger partial charge in [-0.15, -0.1) is 0 Å². The van der Waals surface area contributed by atoms with Crippen molar-refractivity contribution in [2.75, 3.05) is 13.2 Å². The molecule has 1 unspecified atom stereocenters. The van der Waals surface area contributed by atoms with Crippen LogP contribution in [0.2, 0.25) is 0 Å². The van der Waals surface area contributed by atoms with Crippen molar-refractivity contribution in [3.8, 4) is 6.07 Å². The second-order valence-electron chi connectivity index (χ2n) is 7.21. The summed E-state index contributed by atoms with van der Waals surface area (Å²) in [6.45, 7) is 6.62. The Kier molecular flexibility index (Phi) is 5.84. The van der Waals surface area contributed by atoms with E-state index in [0.29, 0.717) is 19.6 Å². The van der Waals surface area contributed by atoms with E-state index >= 15 is 0 Å². The van der Waals surface area contributed by atoms with Crippen LogP contribution in [-0.4, -0.2) is 35.3 Å². The molecule has 0 radical (unpaired) electrons. The van der Waals surface area contributed by atoms with E-state index in [1.54, 1.807) is 4.90 Å². The molecule has 0 bridgehead atoms. The van der Waals surface area contributed by atoms with E-state index in [4.69, 9.17) is 9.47 Å². The third-order valence-electron chi connectivity index (χ3n) is 4.01. The number of amides is 1. The molecule has 0 aliphatic carbocycles. The highest BCUT2D eigenvalue weighted by atomic mass is 16.6. The lowest BCUT2D eigenvalue weighted by atomic mass is 9.89. The minimum Gasteiger partial charge on any atom is -0.444 e. The number of carbonyl (C=O) groups excluding carboxylic acids is 1. The molecule has 0 N–H and O–H groups in total. The van der Waals surface area contributed by atoms with Crippen LogP contribution in [0.4, 0.5) is 4.79 Å². The number of ether oxygens (including phenoxy) is 2. The van der Waals surface area contributed by atoms with E-state index in [2.05, 4.69) is 6.07 Å². The van der Waals surface area contributed by atoms with Gasteiger partial charge in [0.1, 0.15) is 5.60 Å². The molecule has 1 saturated heterocycles. The Labute approximate surface area is 144 Å². The van der Waals surface area contributed by atoms with Gasteiger partial charge < -0.3 is 9.47 Å². The fraction of sp³-hybridized carbons (Fsp3) is 0.579. The molecule has 1 fully saturated rings. The van der Waals surface area contributed by atoms with E-state index in [9.17, 15) is 10.1 Å². The van der Waals surface area contributed by atoms with Crippen molar-refractivity contribution in [2.24, 2.45) is 0 Å². The molecule has 130 valence electrons. The predicted molar refractivity (Wildman–Crippen MR) is 91.2 cm³/mol. The molecule has 1 amide bonds. The van der Waals surface area contributed by atoms with E-state index < -0.39 is 17.2 Å². The number of benzene rings is 1. The van der Waals surface area contributed by atoms with Gasteiger partial charge in [0.15, 0.2) is 5.54 Å². The van der Waals surface area contributed by atoms with Gasteiger partial charge in [-0.3, -0.25) is 4.90 Å². The molecule has 1 aromatic carbocycles. The van der Waals surface area contributed by atoms with Gasteiger partial charge in [-0.2, -0.15) is 5.26 Å². The van der Waals surface area contributed by atoms with E-state index in [0.717, 1.165) is 18.4 Å². The molecule has 1 heterocycles. The first kappa shape index (κ1) is 18.3. The quantitative estimate of drug-likeness (QED) is 0.840. The molecule has 0 aromatic heterocycles. The zero-order valence-electron chi connectivity index (χ0n) is 14.7. The maximum absolute atomic E-state index is 12.5. The Hall–Kier alpha value is -2.06. The maximum atomic E-state index is 12.5. The van der Waals surface area contributed by atoms with Crippen LogP contribution in [-0.2, 0) is 16.1 Å². The number of hydrogen-bond donors (Lipinski definition) is 0. The molecule has 2 rings (SSSR count). The summed E-state index contributed by atoms with van der Waals surface area (Å²) in [5.74, 6) is 0. The molecule has 1 atom stereocenters. The van der Waals surface area contributed by atoms with Crippen molar-refractivity contribution in [3.05, 3.63) is 35.9 Å². The van der Waals surface area contributed by atoms with E-state index in [1.165, 1.54) is 0 Å². The third kappa shape index (κ3) is 4.72. The highest BCUT2D eigenvalue weighted by Crippen LogP contribution is 2.30. The third-order valence-corrected chi connectivity index (χ3v) is 4.01. The summed E-state index contributed by atoms with van der Waals surface area (Å²) in [6, 6.07) is 12.1. The number of piperidine rings is 1. The van der Waals surface area contributed by atoms with Gasteiger partial charge in [0, 0.05) is 6.54 Å². The summed E-state index contributed by atoms with van der Waals surface area (Å²) < 4.78 is 11.3. The summed E-state index contributed by atoms with van der Waals surface area (Å²) in [6.07, 6.45) is 1.95. The fourth-order valence-electron chi connectivity index (χ4n) is 2.83. The van der Waals surface area contributed by atoms with Gasteiger partial charge in [0.2, 0.25) is 0 Å².